The van der Waals surface area contributed by atoms with Crippen LogP contribution in [0.3, 0.4) is 0 Å². The van der Waals surface area contributed by atoms with Gasteiger partial charge in [-0.15, -0.1) is 11.3 Å². The molecule has 0 spiro atoms. The molecular formula is C10H6BrClO2S. The van der Waals surface area contributed by atoms with Crippen LogP contribution in [0.2, 0.25) is 5.02 Å². The SMILES string of the molecule is COC(=O)c1sc2cc(Cl)ccc2c1Br. The van der Waals surface area contributed by atoms with E-state index in [4.69, 9.17) is 11.6 Å². The standard InChI is InChI=1S/C10H6BrClO2S/c1-14-10(13)9-8(11)6-3-2-5(12)4-7(6)15-9/h2-4H,1H3. The monoisotopic (exact) mass is 304 g/mol. The van der Waals surface area contributed by atoms with Gasteiger partial charge in [0.2, 0.25) is 0 Å². The smallest absolute Gasteiger partial charge is 0.349 e. The summed E-state index contributed by atoms with van der Waals surface area (Å²) in [6.07, 6.45) is 0. The zero-order valence-corrected chi connectivity index (χ0v) is 10.9. The highest BCUT2D eigenvalue weighted by Gasteiger charge is 2.16. The summed E-state index contributed by atoms with van der Waals surface area (Å²) >= 11 is 10.6. The molecule has 0 aliphatic rings. The number of methoxy groups -OCH3 is 1. The number of fused-ring (bicyclic) bond motifs is 1. The lowest BCUT2D eigenvalue weighted by Gasteiger charge is -1.94. The van der Waals surface area contributed by atoms with E-state index in [1.807, 2.05) is 12.1 Å². The molecule has 2 nitrogen and oxygen atoms in total. The van der Waals surface area contributed by atoms with Crippen molar-refractivity contribution in [2.45, 2.75) is 0 Å². The highest BCUT2D eigenvalue weighted by molar-refractivity contribution is 9.10. The minimum Gasteiger partial charge on any atom is -0.465 e. The van der Waals surface area contributed by atoms with E-state index < -0.39 is 0 Å². The van der Waals surface area contributed by atoms with Crippen LogP contribution in [-0.4, -0.2) is 13.1 Å². The highest BCUT2D eigenvalue weighted by Crippen LogP contribution is 2.37. The van der Waals surface area contributed by atoms with Crippen LogP contribution in [0.1, 0.15) is 9.67 Å². The molecule has 0 unspecified atom stereocenters. The molecule has 0 amide bonds. The maximum absolute atomic E-state index is 11.4. The number of hydrogen-bond acceptors (Lipinski definition) is 3. The molecular weight excluding hydrogens is 300 g/mol. The topological polar surface area (TPSA) is 26.3 Å². The number of rotatable bonds is 1. The van der Waals surface area contributed by atoms with Gasteiger partial charge in [0.1, 0.15) is 4.88 Å². The van der Waals surface area contributed by atoms with Gasteiger partial charge in [0.15, 0.2) is 0 Å². The molecule has 2 rings (SSSR count). The van der Waals surface area contributed by atoms with Gasteiger partial charge in [-0.2, -0.15) is 0 Å². The third-order valence-electron chi connectivity index (χ3n) is 1.96. The molecule has 0 radical (unpaired) electrons. The zero-order chi connectivity index (χ0) is 11.0. The lowest BCUT2D eigenvalue weighted by molar-refractivity contribution is 0.0605. The first kappa shape index (κ1) is 10.9. The summed E-state index contributed by atoms with van der Waals surface area (Å²) < 4.78 is 6.42. The lowest BCUT2D eigenvalue weighted by Crippen LogP contribution is -1.98. The summed E-state index contributed by atoms with van der Waals surface area (Å²) in [6, 6.07) is 5.51. The Balaban J connectivity index is 2.69. The van der Waals surface area contributed by atoms with Gasteiger partial charge in [0, 0.05) is 15.1 Å². The molecule has 0 N–H and O–H groups in total. The van der Waals surface area contributed by atoms with Gasteiger partial charge in [0.05, 0.1) is 11.6 Å². The molecule has 1 heterocycles. The van der Waals surface area contributed by atoms with Crippen LogP contribution in [0.25, 0.3) is 10.1 Å². The minimum atomic E-state index is -0.334. The van der Waals surface area contributed by atoms with Gasteiger partial charge >= 0.3 is 5.97 Å². The van der Waals surface area contributed by atoms with Crippen LogP contribution in [0.4, 0.5) is 0 Å². The first-order chi connectivity index (χ1) is 7.13. The van der Waals surface area contributed by atoms with E-state index in [9.17, 15) is 4.79 Å². The van der Waals surface area contributed by atoms with E-state index in [2.05, 4.69) is 20.7 Å². The summed E-state index contributed by atoms with van der Waals surface area (Å²) in [5.74, 6) is -0.334. The van der Waals surface area contributed by atoms with Gasteiger partial charge < -0.3 is 4.74 Å². The van der Waals surface area contributed by atoms with Crippen molar-refractivity contribution in [1.29, 1.82) is 0 Å². The van der Waals surface area contributed by atoms with Crippen LogP contribution >= 0.6 is 38.9 Å². The average molecular weight is 306 g/mol. The Hall–Kier alpha value is -0.580. The van der Waals surface area contributed by atoms with Crippen molar-refractivity contribution in [1.82, 2.24) is 0 Å². The summed E-state index contributed by atoms with van der Waals surface area (Å²) in [7, 11) is 1.37. The van der Waals surface area contributed by atoms with Crippen LogP contribution in [0, 0.1) is 0 Å². The van der Waals surface area contributed by atoms with E-state index in [1.54, 1.807) is 6.07 Å². The van der Waals surface area contributed by atoms with Gasteiger partial charge in [-0.05, 0) is 28.1 Å². The molecule has 0 aliphatic carbocycles. The molecule has 0 aliphatic heterocycles. The predicted molar refractivity (Wildman–Crippen MR) is 65.9 cm³/mol. The Morgan fingerprint density at radius 3 is 2.93 bits per heavy atom. The second-order valence-corrected chi connectivity index (χ2v) is 5.16. The molecule has 0 bridgehead atoms. The second kappa shape index (κ2) is 4.12. The Morgan fingerprint density at radius 1 is 1.53 bits per heavy atom. The van der Waals surface area contributed by atoms with Crippen LogP contribution < -0.4 is 0 Å². The molecule has 0 fully saturated rings. The van der Waals surface area contributed by atoms with E-state index in [0.29, 0.717) is 9.90 Å². The Kier molecular flexibility index (Phi) is 3.00. The van der Waals surface area contributed by atoms with E-state index >= 15 is 0 Å². The summed E-state index contributed by atoms with van der Waals surface area (Å²) in [5.41, 5.74) is 0. The van der Waals surface area contributed by atoms with E-state index in [0.717, 1.165) is 14.6 Å². The van der Waals surface area contributed by atoms with Crippen molar-refractivity contribution < 1.29 is 9.53 Å². The van der Waals surface area contributed by atoms with Crippen molar-refractivity contribution in [3.05, 3.63) is 32.6 Å². The van der Waals surface area contributed by atoms with Gasteiger partial charge in [-0.25, -0.2) is 4.79 Å². The quantitative estimate of drug-likeness (QED) is 0.741. The number of carbonyl (C=O) groups is 1. The minimum absolute atomic E-state index is 0.334. The molecule has 5 heteroatoms. The highest BCUT2D eigenvalue weighted by atomic mass is 79.9. The molecule has 78 valence electrons. The predicted octanol–water partition coefficient (Wildman–Crippen LogP) is 4.10. The van der Waals surface area contributed by atoms with Gasteiger partial charge in [-0.1, -0.05) is 17.7 Å². The third-order valence-corrected chi connectivity index (χ3v) is 4.42. The summed E-state index contributed by atoms with van der Waals surface area (Å²) in [6.45, 7) is 0. The second-order valence-electron chi connectivity index (χ2n) is 2.88. The number of ether oxygens (including phenoxy) is 1. The Morgan fingerprint density at radius 2 is 2.27 bits per heavy atom. The number of hydrogen-bond donors (Lipinski definition) is 0. The molecule has 0 atom stereocenters. The van der Waals surface area contributed by atoms with Gasteiger partial charge in [0.25, 0.3) is 0 Å². The van der Waals surface area contributed by atoms with Crippen molar-refractivity contribution in [2.24, 2.45) is 0 Å². The molecule has 15 heavy (non-hydrogen) atoms. The fourth-order valence-electron chi connectivity index (χ4n) is 1.26. The third kappa shape index (κ3) is 1.89. The van der Waals surface area contributed by atoms with E-state index in [1.165, 1.54) is 18.4 Å². The Labute approximate surface area is 104 Å². The van der Waals surface area contributed by atoms with Crippen molar-refractivity contribution >= 4 is 54.9 Å². The van der Waals surface area contributed by atoms with Crippen molar-refractivity contribution in [2.75, 3.05) is 7.11 Å². The number of halogens is 2. The average Bonchev–Trinajstić information content (AvgIpc) is 2.54. The first-order valence-electron chi connectivity index (χ1n) is 4.09. The molecule has 1 aromatic heterocycles. The number of thiophene rings is 1. The maximum atomic E-state index is 11.4. The summed E-state index contributed by atoms with van der Waals surface area (Å²) in [5, 5.41) is 1.64. The molecule has 2 aromatic rings. The fraction of sp³-hybridized carbons (Fsp3) is 0.100. The van der Waals surface area contributed by atoms with Crippen LogP contribution in [-0.2, 0) is 4.74 Å². The van der Waals surface area contributed by atoms with E-state index in [-0.39, 0.29) is 5.97 Å². The fourth-order valence-corrected chi connectivity index (χ4v) is 3.43. The van der Waals surface area contributed by atoms with Crippen molar-refractivity contribution in [3.63, 3.8) is 0 Å². The van der Waals surface area contributed by atoms with Crippen LogP contribution in [0.5, 0.6) is 0 Å². The number of esters is 1. The molecule has 1 aromatic carbocycles. The number of benzene rings is 1. The van der Waals surface area contributed by atoms with Gasteiger partial charge in [-0.3, -0.25) is 0 Å². The Bertz CT molecular complexity index is 535. The first-order valence-corrected chi connectivity index (χ1v) is 6.08. The maximum Gasteiger partial charge on any atom is 0.349 e. The molecule has 0 saturated carbocycles. The number of carbonyl (C=O) groups excluding carboxylic acids is 1. The normalized spacial score (nSPS) is 10.6. The summed E-state index contributed by atoms with van der Waals surface area (Å²) in [4.78, 5) is 12.0. The van der Waals surface area contributed by atoms with Crippen molar-refractivity contribution in [3.8, 4) is 0 Å². The molecule has 0 saturated heterocycles. The largest absolute Gasteiger partial charge is 0.465 e. The zero-order valence-electron chi connectivity index (χ0n) is 7.71. The lowest BCUT2D eigenvalue weighted by atomic mass is 10.2. The van der Waals surface area contributed by atoms with Crippen LogP contribution in [0.15, 0.2) is 22.7 Å².